The fourth-order valence-corrected chi connectivity index (χ4v) is 2.24. The number of hydrogen-bond acceptors (Lipinski definition) is 4. The molecule has 2 rings (SSSR count). The number of carbonyl (C=O) groups excluding carboxylic acids is 1. The highest BCUT2D eigenvalue weighted by Gasteiger charge is 2.17. The molecular formula is C15H23N3O3. The first-order valence-corrected chi connectivity index (χ1v) is 7.53. The highest BCUT2D eigenvalue weighted by Crippen LogP contribution is 2.04. The maximum atomic E-state index is 12.2. The number of unbranched alkanes of at least 4 members (excludes halogenated alkanes) is 1. The van der Waals surface area contributed by atoms with Crippen LogP contribution in [0.5, 0.6) is 5.75 Å². The molecule has 6 nitrogen and oxygen atoms in total. The van der Waals surface area contributed by atoms with E-state index in [-0.39, 0.29) is 18.0 Å². The van der Waals surface area contributed by atoms with Crippen LogP contribution >= 0.6 is 0 Å². The first-order chi connectivity index (χ1) is 10.2. The van der Waals surface area contributed by atoms with Gasteiger partial charge in [0, 0.05) is 32.4 Å². The summed E-state index contributed by atoms with van der Waals surface area (Å²) in [6.07, 6.45) is 3.56. The highest BCUT2D eigenvalue weighted by molar-refractivity contribution is 5.76. The average molecular weight is 293 g/mol. The number of hydrogen-bond donors (Lipinski definition) is 1. The quantitative estimate of drug-likeness (QED) is 0.774. The van der Waals surface area contributed by atoms with Crippen LogP contribution in [-0.4, -0.2) is 48.2 Å². The van der Waals surface area contributed by atoms with Crippen LogP contribution in [0.2, 0.25) is 0 Å². The van der Waals surface area contributed by atoms with Crippen LogP contribution in [-0.2, 0) is 11.3 Å². The van der Waals surface area contributed by atoms with Crippen LogP contribution < -0.4 is 15.6 Å². The Morgan fingerprint density at radius 1 is 1.38 bits per heavy atom. The lowest BCUT2D eigenvalue weighted by molar-refractivity contribution is -0.132. The summed E-state index contributed by atoms with van der Waals surface area (Å²) in [6.45, 7) is 5.67. The van der Waals surface area contributed by atoms with Crippen molar-refractivity contribution in [2.24, 2.45) is 0 Å². The molecule has 1 N–H and O–H groups in total. The second kappa shape index (κ2) is 7.83. The van der Waals surface area contributed by atoms with Crippen LogP contribution in [0.3, 0.4) is 0 Å². The molecule has 0 bridgehead atoms. The van der Waals surface area contributed by atoms with Gasteiger partial charge in [-0.2, -0.15) is 0 Å². The number of pyridine rings is 1. The lowest BCUT2D eigenvalue weighted by atomic mass is 10.3. The van der Waals surface area contributed by atoms with Crippen LogP contribution in [0.15, 0.2) is 23.1 Å². The Morgan fingerprint density at radius 2 is 2.14 bits per heavy atom. The normalized spacial score (nSPS) is 15.0. The third-order valence-corrected chi connectivity index (χ3v) is 3.52. The first-order valence-electron chi connectivity index (χ1n) is 7.53. The molecular weight excluding hydrogens is 270 g/mol. The summed E-state index contributed by atoms with van der Waals surface area (Å²) in [5.41, 5.74) is -0.239. The number of nitrogens with one attached hydrogen (secondary N) is 1. The average Bonchev–Trinajstić information content (AvgIpc) is 2.52. The van der Waals surface area contributed by atoms with Gasteiger partial charge in [0.2, 0.25) is 5.91 Å². The molecule has 1 amide bonds. The zero-order valence-electron chi connectivity index (χ0n) is 12.5. The van der Waals surface area contributed by atoms with Crippen molar-refractivity contribution in [3.8, 4) is 5.75 Å². The summed E-state index contributed by atoms with van der Waals surface area (Å²) in [6, 6.07) is 3.40. The van der Waals surface area contributed by atoms with Crippen LogP contribution in [0.4, 0.5) is 0 Å². The van der Waals surface area contributed by atoms with Gasteiger partial charge in [0.05, 0.1) is 6.61 Å². The van der Waals surface area contributed by atoms with E-state index in [1.807, 2.05) is 0 Å². The summed E-state index contributed by atoms with van der Waals surface area (Å²) in [5.74, 6) is 0.295. The smallest absolute Gasteiger partial charge is 0.293 e. The van der Waals surface area contributed by atoms with E-state index in [9.17, 15) is 9.59 Å². The number of aromatic nitrogens is 1. The molecule has 1 saturated heterocycles. The van der Waals surface area contributed by atoms with Gasteiger partial charge in [0.25, 0.3) is 5.56 Å². The topological polar surface area (TPSA) is 63.6 Å². The van der Waals surface area contributed by atoms with Gasteiger partial charge in [-0.1, -0.05) is 13.3 Å². The summed E-state index contributed by atoms with van der Waals surface area (Å²) >= 11 is 0. The molecule has 0 spiro atoms. The Bertz CT molecular complexity index is 521. The summed E-state index contributed by atoms with van der Waals surface area (Å²) in [7, 11) is 0. The zero-order valence-corrected chi connectivity index (χ0v) is 12.5. The van der Waals surface area contributed by atoms with Crippen LogP contribution in [0.1, 0.15) is 19.8 Å². The van der Waals surface area contributed by atoms with Crippen LogP contribution in [0, 0.1) is 0 Å². The molecule has 1 aromatic heterocycles. The number of ether oxygens (including phenoxy) is 1. The molecule has 2 heterocycles. The van der Waals surface area contributed by atoms with Gasteiger partial charge in [-0.3, -0.25) is 9.59 Å². The minimum absolute atomic E-state index is 0.0238. The number of piperazine rings is 1. The largest absolute Gasteiger partial charge is 0.488 e. The van der Waals surface area contributed by atoms with E-state index in [2.05, 4.69) is 12.2 Å². The maximum absolute atomic E-state index is 12.2. The lowest BCUT2D eigenvalue weighted by Crippen LogP contribution is -2.48. The van der Waals surface area contributed by atoms with E-state index in [1.165, 1.54) is 4.57 Å². The summed E-state index contributed by atoms with van der Waals surface area (Å²) < 4.78 is 6.90. The van der Waals surface area contributed by atoms with Gasteiger partial charge in [-0.05, 0) is 18.6 Å². The molecule has 0 saturated carbocycles. The molecule has 1 aliphatic rings. The standard InChI is InChI=1S/C15H23N3O3/c1-2-3-11-21-13-5-4-8-18(15(13)20)12-14(19)17-9-6-16-7-10-17/h4-5,8,16H,2-3,6-7,9-12H2,1H3. The van der Waals surface area contributed by atoms with Crippen molar-refractivity contribution in [1.29, 1.82) is 0 Å². The number of carbonyl (C=O) groups is 1. The molecule has 1 fully saturated rings. The Kier molecular flexibility index (Phi) is 5.80. The monoisotopic (exact) mass is 293 g/mol. The van der Waals surface area contributed by atoms with E-state index in [0.29, 0.717) is 25.4 Å². The molecule has 116 valence electrons. The second-order valence-electron chi connectivity index (χ2n) is 5.14. The highest BCUT2D eigenvalue weighted by atomic mass is 16.5. The summed E-state index contributed by atoms with van der Waals surface area (Å²) in [5, 5.41) is 3.20. The third kappa shape index (κ3) is 4.32. The SMILES string of the molecule is CCCCOc1cccn(CC(=O)N2CCNCC2)c1=O. The molecule has 0 aliphatic carbocycles. The maximum Gasteiger partial charge on any atom is 0.293 e. The van der Waals surface area contributed by atoms with E-state index in [4.69, 9.17) is 4.74 Å². The zero-order chi connectivity index (χ0) is 15.1. The Labute approximate surface area is 124 Å². The molecule has 0 aromatic carbocycles. The van der Waals surface area contributed by atoms with Gasteiger partial charge in [0.1, 0.15) is 6.54 Å². The minimum atomic E-state index is -0.239. The van der Waals surface area contributed by atoms with Gasteiger partial charge >= 0.3 is 0 Å². The molecule has 6 heteroatoms. The van der Waals surface area contributed by atoms with E-state index in [1.54, 1.807) is 23.2 Å². The Hall–Kier alpha value is -1.82. The molecule has 0 unspecified atom stereocenters. The van der Waals surface area contributed by atoms with Gasteiger partial charge in [-0.15, -0.1) is 0 Å². The van der Waals surface area contributed by atoms with E-state index < -0.39 is 0 Å². The fraction of sp³-hybridized carbons (Fsp3) is 0.600. The van der Waals surface area contributed by atoms with Crippen molar-refractivity contribution in [3.05, 3.63) is 28.7 Å². The minimum Gasteiger partial charge on any atom is -0.488 e. The van der Waals surface area contributed by atoms with Crippen molar-refractivity contribution < 1.29 is 9.53 Å². The molecule has 0 radical (unpaired) electrons. The van der Waals surface area contributed by atoms with Gasteiger partial charge in [0.15, 0.2) is 5.75 Å². The van der Waals surface area contributed by atoms with Crippen molar-refractivity contribution in [1.82, 2.24) is 14.8 Å². The van der Waals surface area contributed by atoms with Crippen molar-refractivity contribution >= 4 is 5.91 Å². The predicted octanol–water partition coefficient (Wildman–Crippen LogP) is 0.459. The summed E-state index contributed by atoms with van der Waals surface area (Å²) in [4.78, 5) is 26.2. The number of amides is 1. The molecule has 1 aromatic rings. The Morgan fingerprint density at radius 3 is 2.86 bits per heavy atom. The van der Waals surface area contributed by atoms with Crippen LogP contribution in [0.25, 0.3) is 0 Å². The molecule has 21 heavy (non-hydrogen) atoms. The van der Waals surface area contributed by atoms with E-state index >= 15 is 0 Å². The fourth-order valence-electron chi connectivity index (χ4n) is 2.24. The first kappa shape index (κ1) is 15.6. The predicted molar refractivity (Wildman–Crippen MR) is 80.6 cm³/mol. The molecule has 1 aliphatic heterocycles. The number of rotatable bonds is 6. The van der Waals surface area contributed by atoms with Gasteiger partial charge in [-0.25, -0.2) is 0 Å². The number of nitrogens with zero attached hydrogens (tertiary/aromatic N) is 2. The van der Waals surface area contributed by atoms with Crippen molar-refractivity contribution in [3.63, 3.8) is 0 Å². The lowest BCUT2D eigenvalue weighted by Gasteiger charge is -2.27. The van der Waals surface area contributed by atoms with E-state index in [0.717, 1.165) is 25.9 Å². The Balaban J connectivity index is 2.00. The van der Waals surface area contributed by atoms with Crippen molar-refractivity contribution in [2.45, 2.75) is 26.3 Å². The van der Waals surface area contributed by atoms with Gasteiger partial charge < -0.3 is 19.5 Å². The molecule has 0 atom stereocenters. The second-order valence-corrected chi connectivity index (χ2v) is 5.14. The third-order valence-electron chi connectivity index (χ3n) is 3.52. The van der Waals surface area contributed by atoms with Crippen molar-refractivity contribution in [2.75, 3.05) is 32.8 Å².